The Labute approximate surface area is 98.6 Å². The minimum Gasteiger partial charge on any atom is -0.391 e. The van der Waals surface area contributed by atoms with Crippen molar-refractivity contribution in [1.82, 2.24) is 4.90 Å². The van der Waals surface area contributed by atoms with Gasteiger partial charge in [0.05, 0.1) is 6.10 Å². The molecule has 1 N–H and O–H groups in total. The van der Waals surface area contributed by atoms with Crippen molar-refractivity contribution in [2.75, 3.05) is 19.5 Å². The topological polar surface area (TPSA) is 23.5 Å². The van der Waals surface area contributed by atoms with Crippen molar-refractivity contribution in [2.24, 2.45) is 5.41 Å². The van der Waals surface area contributed by atoms with E-state index in [2.05, 4.69) is 25.8 Å². The summed E-state index contributed by atoms with van der Waals surface area (Å²) in [5, 5.41) is 9.49. The van der Waals surface area contributed by atoms with Crippen LogP contribution in [0.25, 0.3) is 0 Å². The van der Waals surface area contributed by atoms with E-state index in [0.29, 0.717) is 23.9 Å². The van der Waals surface area contributed by atoms with E-state index in [1.807, 2.05) is 0 Å². The van der Waals surface area contributed by atoms with E-state index in [1.165, 1.54) is 25.7 Å². The number of nitrogens with zero attached hydrogens (tertiary/aromatic N) is 1. The van der Waals surface area contributed by atoms with E-state index >= 15 is 0 Å². The van der Waals surface area contributed by atoms with E-state index in [-0.39, 0.29) is 6.10 Å². The molecule has 0 radical (unpaired) electrons. The van der Waals surface area contributed by atoms with Crippen LogP contribution in [0.5, 0.6) is 0 Å². The first kappa shape index (κ1) is 13.3. The molecule has 0 heterocycles. The average molecular weight is 234 g/mol. The Balaban J connectivity index is 2.33. The highest BCUT2D eigenvalue weighted by Gasteiger charge is 2.29. The fourth-order valence-electron chi connectivity index (χ4n) is 2.36. The van der Waals surface area contributed by atoms with Gasteiger partial charge in [-0.1, -0.05) is 13.8 Å². The Hall–Kier alpha value is 0.210. The third-order valence-electron chi connectivity index (χ3n) is 3.61. The zero-order valence-electron chi connectivity index (χ0n) is 10.2. The van der Waals surface area contributed by atoms with Gasteiger partial charge in [-0.15, -0.1) is 11.6 Å². The molecular formula is C12H24ClNO. The predicted molar refractivity (Wildman–Crippen MR) is 65.4 cm³/mol. The molecule has 0 saturated heterocycles. The van der Waals surface area contributed by atoms with Crippen LogP contribution in [0.4, 0.5) is 0 Å². The van der Waals surface area contributed by atoms with Crippen molar-refractivity contribution in [3.05, 3.63) is 0 Å². The first-order valence-electron chi connectivity index (χ1n) is 5.89. The Morgan fingerprint density at radius 2 is 1.93 bits per heavy atom. The molecule has 15 heavy (non-hydrogen) atoms. The van der Waals surface area contributed by atoms with Gasteiger partial charge in [0.1, 0.15) is 0 Å². The van der Waals surface area contributed by atoms with Crippen molar-refractivity contribution in [2.45, 2.75) is 51.7 Å². The first-order valence-corrected chi connectivity index (χ1v) is 6.42. The summed E-state index contributed by atoms with van der Waals surface area (Å²) < 4.78 is 0. The molecule has 2 nitrogen and oxygen atoms in total. The van der Waals surface area contributed by atoms with Gasteiger partial charge >= 0.3 is 0 Å². The van der Waals surface area contributed by atoms with Crippen LogP contribution < -0.4 is 0 Å². The molecule has 3 heteroatoms. The van der Waals surface area contributed by atoms with Crippen LogP contribution in [-0.4, -0.2) is 41.6 Å². The summed E-state index contributed by atoms with van der Waals surface area (Å²) >= 11 is 5.60. The number of hydrogen-bond acceptors (Lipinski definition) is 2. The fourth-order valence-corrected chi connectivity index (χ4v) is 2.45. The van der Waals surface area contributed by atoms with Gasteiger partial charge in [0.15, 0.2) is 0 Å². The molecule has 1 aliphatic carbocycles. The van der Waals surface area contributed by atoms with Crippen LogP contribution in [0, 0.1) is 5.41 Å². The highest BCUT2D eigenvalue weighted by Crippen LogP contribution is 2.36. The Kier molecular flexibility index (Phi) is 4.88. The second kappa shape index (κ2) is 5.51. The molecule has 1 atom stereocenters. The molecule has 1 saturated carbocycles. The number of rotatable bonds is 4. The lowest BCUT2D eigenvalue weighted by molar-refractivity contribution is 0.0816. The second-order valence-electron chi connectivity index (χ2n) is 5.64. The smallest absolute Gasteiger partial charge is 0.0802 e. The van der Waals surface area contributed by atoms with Crippen LogP contribution in [0.2, 0.25) is 0 Å². The molecule has 90 valence electrons. The second-order valence-corrected chi connectivity index (χ2v) is 5.95. The maximum Gasteiger partial charge on any atom is 0.0802 e. The molecule has 0 aromatic carbocycles. The van der Waals surface area contributed by atoms with Gasteiger partial charge in [-0.25, -0.2) is 0 Å². The maximum absolute atomic E-state index is 9.49. The third-order valence-corrected chi connectivity index (χ3v) is 3.97. The Morgan fingerprint density at radius 3 is 2.40 bits per heavy atom. The zero-order valence-corrected chi connectivity index (χ0v) is 10.9. The number of likely N-dealkylation sites (N-methyl/N-ethyl adjacent to an activating group) is 1. The SMILES string of the molecule is CN(CC(O)CCl)C1CCC(C)(C)CC1. The summed E-state index contributed by atoms with van der Waals surface area (Å²) in [5.41, 5.74) is 0.516. The van der Waals surface area contributed by atoms with Crippen LogP contribution in [0.1, 0.15) is 39.5 Å². The van der Waals surface area contributed by atoms with E-state index < -0.39 is 0 Å². The highest BCUT2D eigenvalue weighted by molar-refractivity contribution is 6.18. The van der Waals surface area contributed by atoms with Gasteiger partial charge in [-0.05, 0) is 38.1 Å². The molecular weight excluding hydrogens is 210 g/mol. The number of aliphatic hydroxyl groups excluding tert-OH is 1. The van der Waals surface area contributed by atoms with Crippen LogP contribution >= 0.6 is 11.6 Å². The predicted octanol–water partition coefficient (Wildman–Crippen LogP) is 2.49. The van der Waals surface area contributed by atoms with Crippen LogP contribution in [0.3, 0.4) is 0 Å². The molecule has 0 aromatic rings. The lowest BCUT2D eigenvalue weighted by atomic mass is 9.75. The monoisotopic (exact) mass is 233 g/mol. The van der Waals surface area contributed by atoms with Gasteiger partial charge in [-0.3, -0.25) is 0 Å². The molecule has 1 aliphatic rings. The molecule has 0 spiro atoms. The zero-order chi connectivity index (χ0) is 11.5. The number of alkyl halides is 1. The highest BCUT2D eigenvalue weighted by atomic mass is 35.5. The van der Waals surface area contributed by atoms with Gasteiger partial charge in [0.25, 0.3) is 0 Å². The van der Waals surface area contributed by atoms with E-state index in [9.17, 15) is 5.11 Å². The molecule has 1 rings (SSSR count). The number of hydrogen-bond donors (Lipinski definition) is 1. The minimum atomic E-state index is -0.383. The molecule has 0 aliphatic heterocycles. The van der Waals surface area contributed by atoms with Crippen LogP contribution in [-0.2, 0) is 0 Å². The number of aliphatic hydroxyl groups is 1. The van der Waals surface area contributed by atoms with Crippen molar-refractivity contribution >= 4 is 11.6 Å². The van der Waals surface area contributed by atoms with Crippen LogP contribution in [0.15, 0.2) is 0 Å². The normalized spacial score (nSPS) is 24.4. The van der Waals surface area contributed by atoms with Gasteiger partial charge < -0.3 is 10.0 Å². The van der Waals surface area contributed by atoms with E-state index in [4.69, 9.17) is 11.6 Å². The minimum absolute atomic E-state index is 0.336. The molecule has 0 amide bonds. The average Bonchev–Trinajstić information content (AvgIpc) is 2.17. The summed E-state index contributed by atoms with van der Waals surface area (Å²) in [6, 6.07) is 0.635. The quantitative estimate of drug-likeness (QED) is 0.755. The van der Waals surface area contributed by atoms with Crippen molar-refractivity contribution in [3.8, 4) is 0 Å². The summed E-state index contributed by atoms with van der Waals surface area (Å²) in [5.74, 6) is 0.336. The van der Waals surface area contributed by atoms with E-state index in [1.54, 1.807) is 0 Å². The maximum atomic E-state index is 9.49. The Bertz CT molecular complexity index is 186. The molecule has 0 aromatic heterocycles. The molecule has 1 unspecified atom stereocenters. The Morgan fingerprint density at radius 1 is 1.40 bits per heavy atom. The largest absolute Gasteiger partial charge is 0.391 e. The third kappa shape index (κ3) is 4.29. The summed E-state index contributed by atoms with van der Waals surface area (Å²) in [6.07, 6.45) is 4.70. The van der Waals surface area contributed by atoms with Crippen molar-refractivity contribution in [3.63, 3.8) is 0 Å². The summed E-state index contributed by atoms with van der Waals surface area (Å²) in [4.78, 5) is 2.27. The number of halogens is 1. The molecule has 1 fully saturated rings. The lowest BCUT2D eigenvalue weighted by Crippen LogP contribution is -2.41. The summed E-state index contributed by atoms with van der Waals surface area (Å²) in [7, 11) is 2.10. The van der Waals surface area contributed by atoms with Gasteiger partial charge in [0.2, 0.25) is 0 Å². The summed E-state index contributed by atoms with van der Waals surface area (Å²) in [6.45, 7) is 5.39. The standard InChI is InChI=1S/C12H24ClNO/c1-12(2)6-4-10(5-7-12)14(3)9-11(15)8-13/h10-11,15H,4-9H2,1-3H3. The lowest BCUT2D eigenvalue weighted by Gasteiger charge is -2.39. The fraction of sp³-hybridized carbons (Fsp3) is 1.00. The van der Waals surface area contributed by atoms with E-state index in [0.717, 1.165) is 0 Å². The van der Waals surface area contributed by atoms with Gasteiger partial charge in [-0.2, -0.15) is 0 Å². The van der Waals surface area contributed by atoms with Crippen molar-refractivity contribution in [1.29, 1.82) is 0 Å². The van der Waals surface area contributed by atoms with Gasteiger partial charge in [0, 0.05) is 18.5 Å². The van der Waals surface area contributed by atoms with Crippen molar-refractivity contribution < 1.29 is 5.11 Å². The molecule has 0 bridgehead atoms. The first-order chi connectivity index (χ1) is 6.94.